The predicted molar refractivity (Wildman–Crippen MR) is 49.5 cm³/mol. The lowest BCUT2D eigenvalue weighted by molar-refractivity contribution is -0.137. The van der Waals surface area contributed by atoms with Crippen LogP contribution in [0.4, 0.5) is 0 Å². The number of aliphatic hydroxyl groups is 1. The van der Waals surface area contributed by atoms with E-state index in [1.807, 2.05) is 0 Å². The number of carboxylic acids is 1. The fourth-order valence-corrected chi connectivity index (χ4v) is 0.806. The second-order valence-electron chi connectivity index (χ2n) is 3.13. The maximum atomic E-state index is 11.2. The largest absolute Gasteiger partial charge is 0.481 e. The van der Waals surface area contributed by atoms with Crippen molar-refractivity contribution in [2.24, 2.45) is 5.73 Å². The van der Waals surface area contributed by atoms with Crippen LogP contribution in [0, 0.1) is 0 Å². The van der Waals surface area contributed by atoms with Gasteiger partial charge < -0.3 is 21.3 Å². The molecule has 0 aliphatic carbocycles. The van der Waals surface area contributed by atoms with E-state index >= 15 is 0 Å². The van der Waals surface area contributed by atoms with Gasteiger partial charge in [-0.25, -0.2) is 0 Å². The van der Waals surface area contributed by atoms with Gasteiger partial charge in [0, 0.05) is 12.5 Å². The van der Waals surface area contributed by atoms with Crippen molar-refractivity contribution in [3.8, 4) is 0 Å². The molecule has 5 N–H and O–H groups in total. The first-order chi connectivity index (χ1) is 6.47. The minimum Gasteiger partial charge on any atom is -0.481 e. The van der Waals surface area contributed by atoms with Gasteiger partial charge in [-0.05, 0) is 13.3 Å². The number of aliphatic carboxylic acids is 1. The minimum absolute atomic E-state index is 0.0965. The van der Waals surface area contributed by atoms with Gasteiger partial charge in [-0.2, -0.15) is 0 Å². The number of amides is 1. The molecule has 0 aromatic heterocycles. The molecule has 0 aromatic carbocycles. The molecular weight excluding hydrogens is 188 g/mol. The number of nitrogens with one attached hydrogen (secondary N) is 1. The summed E-state index contributed by atoms with van der Waals surface area (Å²) in [4.78, 5) is 21.4. The Balaban J connectivity index is 3.81. The Kier molecular flexibility index (Phi) is 5.82. The molecule has 0 fully saturated rings. The second kappa shape index (κ2) is 6.33. The van der Waals surface area contributed by atoms with E-state index in [-0.39, 0.29) is 25.5 Å². The molecule has 0 saturated heterocycles. The Morgan fingerprint density at radius 2 is 2.07 bits per heavy atom. The molecule has 0 bridgehead atoms. The summed E-state index contributed by atoms with van der Waals surface area (Å²) >= 11 is 0. The number of aliphatic hydroxyl groups excluding tert-OH is 1. The summed E-state index contributed by atoms with van der Waals surface area (Å²) in [7, 11) is 0. The van der Waals surface area contributed by atoms with Crippen LogP contribution in [-0.2, 0) is 9.59 Å². The highest BCUT2D eigenvalue weighted by Gasteiger charge is 2.16. The summed E-state index contributed by atoms with van der Waals surface area (Å²) in [6.45, 7) is 1.46. The molecule has 0 rings (SSSR count). The number of carbonyl (C=O) groups is 2. The molecule has 1 amide bonds. The van der Waals surface area contributed by atoms with Crippen LogP contribution in [-0.4, -0.2) is 40.8 Å². The van der Waals surface area contributed by atoms with Crippen molar-refractivity contribution in [1.29, 1.82) is 0 Å². The van der Waals surface area contributed by atoms with Gasteiger partial charge in [-0.15, -0.1) is 0 Å². The molecule has 1 unspecified atom stereocenters. The van der Waals surface area contributed by atoms with Gasteiger partial charge in [-0.3, -0.25) is 9.59 Å². The summed E-state index contributed by atoms with van der Waals surface area (Å²) in [5, 5.41) is 19.4. The zero-order chi connectivity index (χ0) is 11.1. The third kappa shape index (κ3) is 5.50. The molecule has 0 aliphatic rings. The number of nitrogens with two attached hydrogens (primary N) is 1. The van der Waals surface area contributed by atoms with E-state index in [4.69, 9.17) is 15.9 Å². The SMILES string of the molecule is C[C@H](CO)NC(=O)C(N)CCC(=O)O. The van der Waals surface area contributed by atoms with Gasteiger partial charge in [-0.1, -0.05) is 0 Å². The third-order valence-corrected chi connectivity index (χ3v) is 1.67. The van der Waals surface area contributed by atoms with Gasteiger partial charge >= 0.3 is 5.97 Å². The highest BCUT2D eigenvalue weighted by atomic mass is 16.4. The summed E-state index contributed by atoms with van der Waals surface area (Å²) in [6, 6.07) is -1.20. The van der Waals surface area contributed by atoms with E-state index in [0.29, 0.717) is 0 Å². The zero-order valence-corrected chi connectivity index (χ0v) is 8.06. The van der Waals surface area contributed by atoms with Crippen LogP contribution in [0.1, 0.15) is 19.8 Å². The second-order valence-corrected chi connectivity index (χ2v) is 3.13. The van der Waals surface area contributed by atoms with Crippen LogP contribution in [0.15, 0.2) is 0 Å². The quantitative estimate of drug-likeness (QED) is 0.428. The molecule has 0 heterocycles. The van der Waals surface area contributed by atoms with E-state index < -0.39 is 17.9 Å². The van der Waals surface area contributed by atoms with E-state index in [9.17, 15) is 9.59 Å². The number of rotatable bonds is 6. The first-order valence-electron chi connectivity index (χ1n) is 4.36. The average molecular weight is 204 g/mol. The Morgan fingerprint density at radius 3 is 2.50 bits per heavy atom. The topological polar surface area (TPSA) is 113 Å². The smallest absolute Gasteiger partial charge is 0.303 e. The van der Waals surface area contributed by atoms with E-state index in [2.05, 4.69) is 5.32 Å². The van der Waals surface area contributed by atoms with Gasteiger partial charge in [0.1, 0.15) is 0 Å². The van der Waals surface area contributed by atoms with E-state index in [1.54, 1.807) is 6.92 Å². The van der Waals surface area contributed by atoms with Crippen molar-refractivity contribution in [3.05, 3.63) is 0 Å². The molecule has 0 radical (unpaired) electrons. The average Bonchev–Trinajstić information content (AvgIpc) is 2.13. The van der Waals surface area contributed by atoms with Crippen LogP contribution in [0.5, 0.6) is 0 Å². The highest BCUT2D eigenvalue weighted by Crippen LogP contribution is 1.95. The number of hydrogen-bond acceptors (Lipinski definition) is 4. The van der Waals surface area contributed by atoms with Crippen molar-refractivity contribution in [3.63, 3.8) is 0 Å². The Labute approximate surface area is 82.1 Å². The molecule has 82 valence electrons. The summed E-state index contributed by atoms with van der Waals surface area (Å²) in [5.74, 6) is -1.42. The maximum absolute atomic E-state index is 11.2. The van der Waals surface area contributed by atoms with E-state index in [1.165, 1.54) is 0 Å². The number of carboxylic acid groups (broad SMARTS) is 1. The van der Waals surface area contributed by atoms with Crippen LogP contribution >= 0.6 is 0 Å². The van der Waals surface area contributed by atoms with Crippen LogP contribution < -0.4 is 11.1 Å². The number of hydrogen-bond donors (Lipinski definition) is 4. The highest BCUT2D eigenvalue weighted by molar-refractivity contribution is 5.82. The molecule has 6 heteroatoms. The number of carbonyl (C=O) groups excluding carboxylic acids is 1. The molecular formula is C8H16N2O4. The Morgan fingerprint density at radius 1 is 1.50 bits per heavy atom. The minimum atomic E-state index is -0.983. The molecule has 2 atom stereocenters. The van der Waals surface area contributed by atoms with Crippen molar-refractivity contribution >= 4 is 11.9 Å². The van der Waals surface area contributed by atoms with Crippen molar-refractivity contribution < 1.29 is 19.8 Å². The zero-order valence-electron chi connectivity index (χ0n) is 8.06. The lowest BCUT2D eigenvalue weighted by Gasteiger charge is -2.14. The summed E-state index contributed by atoms with van der Waals surface area (Å²) in [5.41, 5.74) is 5.41. The molecule has 0 aliphatic heterocycles. The van der Waals surface area contributed by atoms with Gasteiger partial charge in [0.2, 0.25) is 5.91 Å². The Bertz CT molecular complexity index is 208. The fourth-order valence-electron chi connectivity index (χ4n) is 0.806. The lowest BCUT2D eigenvalue weighted by Crippen LogP contribution is -2.45. The van der Waals surface area contributed by atoms with Gasteiger partial charge in [0.25, 0.3) is 0 Å². The first-order valence-corrected chi connectivity index (χ1v) is 4.36. The van der Waals surface area contributed by atoms with Gasteiger partial charge in [0.05, 0.1) is 12.6 Å². The molecule has 0 spiro atoms. The van der Waals surface area contributed by atoms with Crippen LogP contribution in [0.2, 0.25) is 0 Å². The van der Waals surface area contributed by atoms with Crippen molar-refractivity contribution in [2.75, 3.05) is 6.61 Å². The monoisotopic (exact) mass is 204 g/mol. The molecule has 0 aromatic rings. The molecule has 6 nitrogen and oxygen atoms in total. The van der Waals surface area contributed by atoms with Crippen molar-refractivity contribution in [2.45, 2.75) is 31.8 Å². The molecule has 14 heavy (non-hydrogen) atoms. The standard InChI is InChI=1S/C8H16N2O4/c1-5(4-11)10-8(14)6(9)2-3-7(12)13/h5-6,11H,2-4,9H2,1H3,(H,10,14)(H,12,13)/t5-,6?/m1/s1. The first kappa shape index (κ1) is 12.9. The van der Waals surface area contributed by atoms with Crippen LogP contribution in [0.3, 0.4) is 0 Å². The van der Waals surface area contributed by atoms with E-state index in [0.717, 1.165) is 0 Å². The predicted octanol–water partition coefficient (Wildman–Crippen LogP) is -1.32. The molecule has 0 saturated carbocycles. The maximum Gasteiger partial charge on any atom is 0.303 e. The third-order valence-electron chi connectivity index (χ3n) is 1.67. The van der Waals surface area contributed by atoms with Crippen molar-refractivity contribution in [1.82, 2.24) is 5.32 Å². The Hall–Kier alpha value is -1.14. The summed E-state index contributed by atoms with van der Waals surface area (Å²) < 4.78 is 0. The fraction of sp³-hybridized carbons (Fsp3) is 0.750. The summed E-state index contributed by atoms with van der Waals surface area (Å²) in [6.07, 6.45) is -0.0403. The van der Waals surface area contributed by atoms with Gasteiger partial charge in [0.15, 0.2) is 0 Å². The normalized spacial score (nSPS) is 14.5. The van der Waals surface area contributed by atoms with Crippen LogP contribution in [0.25, 0.3) is 0 Å². The lowest BCUT2D eigenvalue weighted by atomic mass is 10.1.